The van der Waals surface area contributed by atoms with Crippen LogP contribution in [-0.4, -0.2) is 11.7 Å². The number of nitrogens with one attached hydrogen (secondary N) is 1. The van der Waals surface area contributed by atoms with Crippen molar-refractivity contribution in [3.8, 4) is 0 Å². The molecular weight excluding hydrogens is 316 g/mol. The maximum Gasteiger partial charge on any atom is 0.131 e. The lowest BCUT2D eigenvalue weighted by Crippen LogP contribution is -2.13. The third kappa shape index (κ3) is 3.75. The van der Waals surface area contributed by atoms with Crippen molar-refractivity contribution in [3.05, 3.63) is 64.1 Å². The molecule has 1 unspecified atom stereocenters. The van der Waals surface area contributed by atoms with E-state index in [1.54, 1.807) is 0 Å². The smallest absolute Gasteiger partial charge is 0.131 e. The molecule has 0 aromatic heterocycles. The van der Waals surface area contributed by atoms with Gasteiger partial charge < -0.3 is 10.4 Å². The van der Waals surface area contributed by atoms with Crippen LogP contribution in [-0.2, 0) is 0 Å². The van der Waals surface area contributed by atoms with Crippen LogP contribution >= 0.6 is 15.9 Å². The summed E-state index contributed by atoms with van der Waals surface area (Å²) in [6.07, 6.45) is -1.04. The minimum atomic E-state index is -1.04. The summed E-state index contributed by atoms with van der Waals surface area (Å²) >= 11 is 3.32. The third-order valence-corrected chi connectivity index (χ3v) is 3.19. The quantitative estimate of drug-likeness (QED) is 0.893. The maximum absolute atomic E-state index is 13.4. The molecule has 2 rings (SSSR count). The molecule has 0 aliphatic rings. The molecule has 0 aliphatic heterocycles. The molecule has 2 aromatic rings. The molecule has 0 heterocycles. The average Bonchev–Trinajstić information content (AvgIpc) is 2.37. The van der Waals surface area contributed by atoms with Crippen LogP contribution in [0.25, 0.3) is 0 Å². The zero-order valence-corrected chi connectivity index (χ0v) is 11.5. The molecular formula is C14H12BrF2NO. The molecule has 0 aliphatic carbocycles. The van der Waals surface area contributed by atoms with E-state index in [-0.39, 0.29) is 12.1 Å². The first kappa shape index (κ1) is 14.0. The van der Waals surface area contributed by atoms with Crippen LogP contribution in [0.4, 0.5) is 14.5 Å². The lowest BCUT2D eigenvalue weighted by molar-refractivity contribution is 0.186. The number of benzene rings is 2. The van der Waals surface area contributed by atoms with Gasteiger partial charge in [0.1, 0.15) is 11.6 Å². The molecule has 2 N–H and O–H groups in total. The fourth-order valence-corrected chi connectivity index (χ4v) is 1.93. The standard InChI is InChI=1S/C14H12BrF2NO/c15-9-1-4-11(5-2-9)18-8-14(19)12-6-3-10(16)7-13(12)17/h1-7,14,18-19H,8H2. The average molecular weight is 328 g/mol. The van der Waals surface area contributed by atoms with E-state index in [1.165, 1.54) is 6.07 Å². The van der Waals surface area contributed by atoms with Gasteiger partial charge in [0.15, 0.2) is 0 Å². The second-order valence-corrected chi connectivity index (χ2v) is 4.99. The van der Waals surface area contributed by atoms with Crippen LogP contribution in [0.2, 0.25) is 0 Å². The highest BCUT2D eigenvalue weighted by atomic mass is 79.9. The summed E-state index contributed by atoms with van der Waals surface area (Å²) in [5, 5.41) is 12.9. The summed E-state index contributed by atoms with van der Waals surface area (Å²) in [4.78, 5) is 0. The number of halogens is 3. The largest absolute Gasteiger partial charge is 0.386 e. The van der Waals surface area contributed by atoms with E-state index in [9.17, 15) is 13.9 Å². The van der Waals surface area contributed by atoms with Gasteiger partial charge in [-0.05, 0) is 30.3 Å². The van der Waals surface area contributed by atoms with Gasteiger partial charge in [0.2, 0.25) is 0 Å². The maximum atomic E-state index is 13.4. The van der Waals surface area contributed by atoms with Gasteiger partial charge in [-0.15, -0.1) is 0 Å². The van der Waals surface area contributed by atoms with Crippen LogP contribution in [0.15, 0.2) is 46.9 Å². The molecule has 19 heavy (non-hydrogen) atoms. The van der Waals surface area contributed by atoms with E-state index in [0.717, 1.165) is 22.3 Å². The molecule has 0 fully saturated rings. The molecule has 0 bridgehead atoms. The number of rotatable bonds is 4. The van der Waals surface area contributed by atoms with E-state index >= 15 is 0 Å². The Morgan fingerprint density at radius 2 is 1.79 bits per heavy atom. The Bertz CT molecular complexity index is 560. The highest BCUT2D eigenvalue weighted by molar-refractivity contribution is 9.10. The van der Waals surface area contributed by atoms with Crippen LogP contribution in [0.5, 0.6) is 0 Å². The van der Waals surface area contributed by atoms with Crippen molar-refractivity contribution >= 4 is 21.6 Å². The van der Waals surface area contributed by atoms with Crippen molar-refractivity contribution in [1.29, 1.82) is 0 Å². The monoisotopic (exact) mass is 327 g/mol. The molecule has 100 valence electrons. The molecule has 0 amide bonds. The van der Waals surface area contributed by atoms with Gasteiger partial charge in [0.05, 0.1) is 6.10 Å². The Morgan fingerprint density at radius 1 is 1.11 bits per heavy atom. The molecule has 0 saturated carbocycles. The number of hydrogen-bond acceptors (Lipinski definition) is 2. The van der Waals surface area contributed by atoms with Gasteiger partial charge in [-0.2, -0.15) is 0 Å². The van der Waals surface area contributed by atoms with Crippen molar-refractivity contribution < 1.29 is 13.9 Å². The highest BCUT2D eigenvalue weighted by Crippen LogP contribution is 2.20. The van der Waals surface area contributed by atoms with Crippen LogP contribution < -0.4 is 5.32 Å². The first-order chi connectivity index (χ1) is 9.06. The molecule has 0 spiro atoms. The summed E-state index contributed by atoms with van der Waals surface area (Å²) in [6.45, 7) is 0.143. The van der Waals surface area contributed by atoms with Gasteiger partial charge in [0.25, 0.3) is 0 Å². The molecule has 2 nitrogen and oxygen atoms in total. The minimum Gasteiger partial charge on any atom is -0.386 e. The second kappa shape index (κ2) is 6.12. The number of anilines is 1. The molecule has 0 radical (unpaired) electrons. The topological polar surface area (TPSA) is 32.3 Å². The third-order valence-electron chi connectivity index (χ3n) is 2.67. The van der Waals surface area contributed by atoms with Crippen LogP contribution in [0.3, 0.4) is 0 Å². The van der Waals surface area contributed by atoms with Crippen LogP contribution in [0.1, 0.15) is 11.7 Å². The Balaban J connectivity index is 2.01. The first-order valence-corrected chi connectivity index (χ1v) is 6.48. The predicted octanol–water partition coefficient (Wildman–Crippen LogP) is 3.87. The SMILES string of the molecule is OC(CNc1ccc(Br)cc1)c1ccc(F)cc1F. The van der Waals surface area contributed by atoms with Crippen molar-refractivity contribution in [3.63, 3.8) is 0 Å². The minimum absolute atomic E-state index is 0.0750. The molecule has 0 saturated heterocycles. The Kier molecular flexibility index (Phi) is 4.50. The Hall–Kier alpha value is -1.46. The lowest BCUT2D eigenvalue weighted by atomic mass is 10.1. The van der Waals surface area contributed by atoms with E-state index in [1.807, 2.05) is 24.3 Å². The van der Waals surface area contributed by atoms with Crippen molar-refractivity contribution in [2.45, 2.75) is 6.10 Å². The normalized spacial score (nSPS) is 12.2. The number of aliphatic hydroxyl groups excluding tert-OH is 1. The second-order valence-electron chi connectivity index (χ2n) is 4.07. The van der Waals surface area contributed by atoms with Crippen molar-refractivity contribution in [2.75, 3.05) is 11.9 Å². The van der Waals surface area contributed by atoms with Crippen molar-refractivity contribution in [2.24, 2.45) is 0 Å². The summed E-state index contributed by atoms with van der Waals surface area (Å²) < 4.78 is 27.2. The van der Waals surface area contributed by atoms with Gasteiger partial charge >= 0.3 is 0 Å². The lowest BCUT2D eigenvalue weighted by Gasteiger charge is -2.14. The zero-order chi connectivity index (χ0) is 13.8. The fraction of sp³-hybridized carbons (Fsp3) is 0.143. The molecule has 5 heteroatoms. The summed E-state index contributed by atoms with van der Waals surface area (Å²) in [6, 6.07) is 10.5. The fourth-order valence-electron chi connectivity index (χ4n) is 1.66. The summed E-state index contributed by atoms with van der Waals surface area (Å²) in [5.74, 6) is -1.40. The summed E-state index contributed by atoms with van der Waals surface area (Å²) in [7, 11) is 0. The predicted molar refractivity (Wildman–Crippen MR) is 73.9 cm³/mol. The van der Waals surface area contributed by atoms with E-state index in [4.69, 9.17) is 0 Å². The van der Waals surface area contributed by atoms with Gasteiger partial charge in [-0.1, -0.05) is 22.0 Å². The van der Waals surface area contributed by atoms with Gasteiger partial charge in [0, 0.05) is 28.3 Å². The molecule has 1 atom stereocenters. The summed E-state index contributed by atoms with van der Waals surface area (Å²) in [5.41, 5.74) is 0.885. The van der Waals surface area contributed by atoms with Crippen LogP contribution in [0, 0.1) is 11.6 Å². The first-order valence-electron chi connectivity index (χ1n) is 5.69. The van der Waals surface area contributed by atoms with Gasteiger partial charge in [-0.3, -0.25) is 0 Å². The van der Waals surface area contributed by atoms with E-state index in [2.05, 4.69) is 21.2 Å². The van der Waals surface area contributed by atoms with E-state index < -0.39 is 17.7 Å². The number of aliphatic hydroxyl groups is 1. The van der Waals surface area contributed by atoms with Gasteiger partial charge in [-0.25, -0.2) is 8.78 Å². The number of hydrogen-bond donors (Lipinski definition) is 2. The highest BCUT2D eigenvalue weighted by Gasteiger charge is 2.13. The Labute approximate surface area is 118 Å². The van der Waals surface area contributed by atoms with Crippen molar-refractivity contribution in [1.82, 2.24) is 0 Å². The zero-order valence-electron chi connectivity index (χ0n) is 9.91. The Morgan fingerprint density at radius 3 is 2.42 bits per heavy atom. The van der Waals surface area contributed by atoms with E-state index in [0.29, 0.717) is 0 Å². The molecule has 2 aromatic carbocycles.